The van der Waals surface area contributed by atoms with E-state index in [-0.39, 0.29) is 29.6 Å². The molecule has 1 fully saturated rings. The zero-order chi connectivity index (χ0) is 23.5. The van der Waals surface area contributed by atoms with Gasteiger partial charge in [-0.2, -0.15) is 13.2 Å². The molecule has 0 radical (unpaired) electrons. The summed E-state index contributed by atoms with van der Waals surface area (Å²) in [6, 6.07) is 7.33. The standard InChI is InChI=1S/C21H21F3N2O5S/c1-31-20(28)15-8-13(12-25-19(27)14-4-2-5-14)9-17(10-15)26-32(29,30)18-7-3-6-16(11-18)21(22,23)24/h3,6-11,14,26H,2,4-5,12H2,1H3,(H,25,27). The molecule has 172 valence electrons. The van der Waals surface area contributed by atoms with Crippen LogP contribution in [-0.4, -0.2) is 27.4 Å². The predicted molar refractivity (Wildman–Crippen MR) is 109 cm³/mol. The number of rotatable bonds is 7. The molecule has 2 aromatic carbocycles. The number of amides is 1. The van der Waals surface area contributed by atoms with E-state index in [0.717, 1.165) is 44.6 Å². The Bertz CT molecular complexity index is 1130. The number of ether oxygens (including phenoxy) is 1. The number of anilines is 1. The molecule has 0 saturated heterocycles. The van der Waals surface area contributed by atoms with Crippen LogP contribution >= 0.6 is 0 Å². The molecule has 1 saturated carbocycles. The molecule has 1 amide bonds. The van der Waals surface area contributed by atoms with Gasteiger partial charge in [-0.25, -0.2) is 13.2 Å². The van der Waals surface area contributed by atoms with Crippen LogP contribution in [0.5, 0.6) is 0 Å². The minimum absolute atomic E-state index is 0.0182. The first-order chi connectivity index (χ1) is 15.0. The minimum Gasteiger partial charge on any atom is -0.465 e. The molecule has 0 bridgehead atoms. The molecule has 2 N–H and O–H groups in total. The average molecular weight is 470 g/mol. The average Bonchev–Trinajstić information content (AvgIpc) is 2.69. The second-order valence-electron chi connectivity index (χ2n) is 7.39. The van der Waals surface area contributed by atoms with Crippen molar-refractivity contribution in [2.24, 2.45) is 5.92 Å². The van der Waals surface area contributed by atoms with E-state index in [9.17, 15) is 31.2 Å². The minimum atomic E-state index is -4.71. The molecule has 0 aliphatic heterocycles. The van der Waals surface area contributed by atoms with Crippen LogP contribution in [0.3, 0.4) is 0 Å². The van der Waals surface area contributed by atoms with Gasteiger partial charge in [-0.15, -0.1) is 0 Å². The van der Waals surface area contributed by atoms with Crippen molar-refractivity contribution in [3.05, 3.63) is 59.2 Å². The summed E-state index contributed by atoms with van der Waals surface area (Å²) in [5.74, 6) is -0.930. The lowest BCUT2D eigenvalue weighted by atomic mass is 9.85. The van der Waals surface area contributed by atoms with Crippen molar-refractivity contribution in [1.29, 1.82) is 0 Å². The number of carbonyl (C=O) groups excluding carboxylic acids is 2. The third kappa shape index (κ3) is 5.58. The Morgan fingerprint density at radius 3 is 2.44 bits per heavy atom. The predicted octanol–water partition coefficient (Wildman–Crippen LogP) is 3.71. The summed E-state index contributed by atoms with van der Waals surface area (Å²) in [5.41, 5.74) is -0.728. The summed E-state index contributed by atoms with van der Waals surface area (Å²) < 4.78 is 71.1. The topological polar surface area (TPSA) is 102 Å². The van der Waals surface area contributed by atoms with Crippen molar-refractivity contribution in [3.8, 4) is 0 Å². The van der Waals surface area contributed by atoms with E-state index in [1.165, 1.54) is 18.2 Å². The molecule has 3 rings (SSSR count). The van der Waals surface area contributed by atoms with Gasteiger partial charge >= 0.3 is 12.1 Å². The van der Waals surface area contributed by atoms with Crippen molar-refractivity contribution in [1.82, 2.24) is 5.32 Å². The van der Waals surface area contributed by atoms with Gasteiger partial charge in [-0.05, 0) is 54.8 Å². The van der Waals surface area contributed by atoms with Crippen molar-refractivity contribution < 1.29 is 35.9 Å². The molecule has 0 spiro atoms. The van der Waals surface area contributed by atoms with E-state index in [1.54, 1.807) is 0 Å². The number of halogens is 3. The van der Waals surface area contributed by atoms with Crippen LogP contribution in [0.15, 0.2) is 47.4 Å². The van der Waals surface area contributed by atoms with Gasteiger partial charge in [0.25, 0.3) is 10.0 Å². The van der Waals surface area contributed by atoms with E-state index in [2.05, 4.69) is 14.8 Å². The van der Waals surface area contributed by atoms with Gasteiger partial charge in [0, 0.05) is 12.5 Å². The Labute approximate surface area is 183 Å². The van der Waals surface area contributed by atoms with Crippen LogP contribution in [0.2, 0.25) is 0 Å². The molecule has 7 nitrogen and oxygen atoms in total. The molecule has 0 atom stereocenters. The molecule has 11 heteroatoms. The fourth-order valence-corrected chi connectivity index (χ4v) is 4.23. The van der Waals surface area contributed by atoms with Gasteiger partial charge in [0.05, 0.1) is 28.8 Å². The molecule has 1 aliphatic carbocycles. The second-order valence-corrected chi connectivity index (χ2v) is 9.07. The highest BCUT2D eigenvalue weighted by molar-refractivity contribution is 7.92. The third-order valence-electron chi connectivity index (χ3n) is 5.08. The van der Waals surface area contributed by atoms with E-state index in [0.29, 0.717) is 11.6 Å². The van der Waals surface area contributed by atoms with Gasteiger partial charge in [-0.1, -0.05) is 12.5 Å². The fraction of sp³-hybridized carbons (Fsp3) is 0.333. The number of alkyl halides is 3. The van der Waals surface area contributed by atoms with Gasteiger partial charge in [0.15, 0.2) is 0 Å². The lowest BCUT2D eigenvalue weighted by molar-refractivity contribution is -0.137. The quantitative estimate of drug-likeness (QED) is 0.601. The number of carbonyl (C=O) groups is 2. The van der Waals surface area contributed by atoms with E-state index in [1.807, 2.05) is 0 Å². The van der Waals surface area contributed by atoms with E-state index < -0.39 is 32.6 Å². The first-order valence-electron chi connectivity index (χ1n) is 9.69. The summed E-state index contributed by atoms with van der Waals surface area (Å²) in [7, 11) is -3.24. The maximum atomic E-state index is 13.0. The Hall–Kier alpha value is -3.08. The molecular weight excluding hydrogens is 449 g/mol. The summed E-state index contributed by atoms with van der Waals surface area (Å²) in [4.78, 5) is 23.5. The summed E-state index contributed by atoms with van der Waals surface area (Å²) in [5, 5.41) is 2.74. The Morgan fingerprint density at radius 2 is 1.84 bits per heavy atom. The van der Waals surface area contributed by atoms with Crippen LogP contribution in [0.4, 0.5) is 18.9 Å². The zero-order valence-electron chi connectivity index (χ0n) is 17.0. The SMILES string of the molecule is COC(=O)c1cc(CNC(=O)C2CCC2)cc(NS(=O)(=O)c2cccc(C(F)(F)F)c2)c1. The monoisotopic (exact) mass is 470 g/mol. The number of hydrogen-bond donors (Lipinski definition) is 2. The molecule has 2 aromatic rings. The van der Waals surface area contributed by atoms with E-state index in [4.69, 9.17) is 0 Å². The van der Waals surface area contributed by atoms with Gasteiger partial charge in [0.1, 0.15) is 0 Å². The first-order valence-corrected chi connectivity index (χ1v) is 11.2. The molecular formula is C21H21F3N2O5S. The number of benzene rings is 2. The Kier molecular flexibility index (Phi) is 6.77. The maximum Gasteiger partial charge on any atom is 0.416 e. The van der Waals surface area contributed by atoms with Crippen LogP contribution in [0.25, 0.3) is 0 Å². The highest BCUT2D eigenvalue weighted by Gasteiger charge is 2.32. The number of esters is 1. The Balaban J connectivity index is 1.87. The van der Waals surface area contributed by atoms with Crippen molar-refractivity contribution in [3.63, 3.8) is 0 Å². The fourth-order valence-electron chi connectivity index (χ4n) is 3.15. The maximum absolute atomic E-state index is 13.0. The lowest BCUT2D eigenvalue weighted by Crippen LogP contribution is -2.34. The number of hydrogen-bond acceptors (Lipinski definition) is 5. The molecule has 0 heterocycles. The second kappa shape index (κ2) is 9.19. The van der Waals surface area contributed by atoms with Crippen molar-refractivity contribution in [2.45, 2.75) is 36.9 Å². The van der Waals surface area contributed by atoms with Gasteiger partial charge in [-0.3, -0.25) is 9.52 Å². The number of sulfonamides is 1. The van der Waals surface area contributed by atoms with Gasteiger partial charge in [0.2, 0.25) is 5.91 Å². The van der Waals surface area contributed by atoms with Gasteiger partial charge < -0.3 is 10.1 Å². The number of methoxy groups -OCH3 is 1. The largest absolute Gasteiger partial charge is 0.465 e. The van der Waals surface area contributed by atoms with Crippen molar-refractivity contribution in [2.75, 3.05) is 11.8 Å². The summed E-state index contributed by atoms with van der Waals surface area (Å²) in [6.45, 7) is 0.0401. The summed E-state index contributed by atoms with van der Waals surface area (Å²) >= 11 is 0. The third-order valence-corrected chi connectivity index (χ3v) is 6.46. The molecule has 1 aliphatic rings. The normalized spacial score (nSPS) is 14.4. The lowest BCUT2D eigenvalue weighted by Gasteiger charge is -2.24. The molecule has 32 heavy (non-hydrogen) atoms. The van der Waals surface area contributed by atoms with Crippen LogP contribution in [0, 0.1) is 5.92 Å². The zero-order valence-corrected chi connectivity index (χ0v) is 17.8. The highest BCUT2D eigenvalue weighted by atomic mass is 32.2. The summed E-state index contributed by atoms with van der Waals surface area (Å²) in [6.07, 6.45) is -2.12. The molecule has 0 aromatic heterocycles. The van der Waals surface area contributed by atoms with Crippen molar-refractivity contribution >= 4 is 27.6 Å². The smallest absolute Gasteiger partial charge is 0.416 e. The van der Waals surface area contributed by atoms with E-state index >= 15 is 0 Å². The highest BCUT2D eigenvalue weighted by Crippen LogP contribution is 2.31. The van der Waals surface area contributed by atoms with Crippen LogP contribution < -0.4 is 10.0 Å². The van der Waals surface area contributed by atoms with Crippen LogP contribution in [-0.2, 0) is 32.3 Å². The number of nitrogens with one attached hydrogen (secondary N) is 2. The molecule has 0 unspecified atom stereocenters. The Morgan fingerprint density at radius 1 is 1.12 bits per heavy atom. The van der Waals surface area contributed by atoms with Crippen LogP contribution in [0.1, 0.15) is 40.7 Å². The first kappa shape index (κ1) is 23.6.